The van der Waals surface area contributed by atoms with E-state index in [4.69, 9.17) is 0 Å². The molecule has 1 aromatic heterocycles. The van der Waals surface area contributed by atoms with Gasteiger partial charge < -0.3 is 9.88 Å². The Balaban J connectivity index is 1.62. The lowest BCUT2D eigenvalue weighted by Crippen LogP contribution is -2.37. The Kier molecular flexibility index (Phi) is 4.21. The predicted molar refractivity (Wildman–Crippen MR) is 70.9 cm³/mol. The normalized spacial score (nSPS) is 23.8. The third-order valence-electron chi connectivity index (χ3n) is 3.79. The second-order valence-electron chi connectivity index (χ2n) is 6.07. The lowest BCUT2D eigenvalue weighted by atomic mass is 9.75. The molecule has 1 aliphatic rings. The predicted octanol–water partition coefficient (Wildman–Crippen LogP) is 2.83. The average molecular weight is 235 g/mol. The van der Waals surface area contributed by atoms with Crippen molar-refractivity contribution < 1.29 is 0 Å². The number of rotatable bonds is 5. The van der Waals surface area contributed by atoms with E-state index in [-0.39, 0.29) is 0 Å². The molecule has 0 aromatic carbocycles. The molecule has 0 bridgehead atoms. The number of imidazole rings is 1. The van der Waals surface area contributed by atoms with Crippen molar-refractivity contribution in [2.24, 2.45) is 5.41 Å². The first-order chi connectivity index (χ1) is 8.16. The van der Waals surface area contributed by atoms with E-state index < -0.39 is 0 Å². The topological polar surface area (TPSA) is 29.9 Å². The Hall–Kier alpha value is -0.830. The second-order valence-corrected chi connectivity index (χ2v) is 6.07. The third kappa shape index (κ3) is 4.15. The summed E-state index contributed by atoms with van der Waals surface area (Å²) in [5, 5.41) is 3.71. The highest BCUT2D eigenvalue weighted by molar-refractivity contribution is 4.83. The SMILES string of the molecule is CC1(C)CCCC(NCCCn2ccnc2)C1. The minimum absolute atomic E-state index is 0.542. The molecule has 1 atom stereocenters. The summed E-state index contributed by atoms with van der Waals surface area (Å²) in [6.45, 7) is 6.99. The van der Waals surface area contributed by atoms with Crippen molar-refractivity contribution in [2.45, 2.75) is 58.5 Å². The molecule has 0 spiro atoms. The van der Waals surface area contributed by atoms with Gasteiger partial charge in [-0.3, -0.25) is 0 Å². The van der Waals surface area contributed by atoms with Gasteiger partial charge in [0, 0.05) is 25.0 Å². The van der Waals surface area contributed by atoms with Crippen molar-refractivity contribution in [2.75, 3.05) is 6.54 Å². The fourth-order valence-electron chi connectivity index (χ4n) is 2.86. The van der Waals surface area contributed by atoms with Gasteiger partial charge in [0.1, 0.15) is 0 Å². The first-order valence-corrected chi connectivity index (χ1v) is 6.85. The molecule has 1 unspecified atom stereocenters. The summed E-state index contributed by atoms with van der Waals surface area (Å²) in [4.78, 5) is 4.05. The highest BCUT2D eigenvalue weighted by atomic mass is 15.0. The van der Waals surface area contributed by atoms with Crippen molar-refractivity contribution >= 4 is 0 Å². The molecule has 0 amide bonds. The van der Waals surface area contributed by atoms with Gasteiger partial charge in [-0.1, -0.05) is 20.3 Å². The Morgan fingerprint density at radius 2 is 2.35 bits per heavy atom. The lowest BCUT2D eigenvalue weighted by molar-refractivity contribution is 0.198. The van der Waals surface area contributed by atoms with Crippen LogP contribution in [-0.4, -0.2) is 22.1 Å². The summed E-state index contributed by atoms with van der Waals surface area (Å²) in [6, 6.07) is 0.738. The Bertz CT molecular complexity index is 316. The minimum atomic E-state index is 0.542. The summed E-state index contributed by atoms with van der Waals surface area (Å²) in [5.74, 6) is 0. The Labute approximate surface area is 105 Å². The molecule has 0 radical (unpaired) electrons. The fraction of sp³-hybridized carbons (Fsp3) is 0.786. The van der Waals surface area contributed by atoms with E-state index in [1.54, 1.807) is 0 Å². The van der Waals surface area contributed by atoms with E-state index in [1.807, 2.05) is 18.7 Å². The molecule has 17 heavy (non-hydrogen) atoms. The number of aryl methyl sites for hydroxylation is 1. The molecule has 96 valence electrons. The van der Waals surface area contributed by atoms with Crippen LogP contribution in [0.25, 0.3) is 0 Å². The van der Waals surface area contributed by atoms with Gasteiger partial charge in [-0.05, 0) is 37.6 Å². The van der Waals surface area contributed by atoms with Crippen LogP contribution in [0.15, 0.2) is 18.7 Å². The summed E-state index contributed by atoms with van der Waals surface area (Å²) in [6.07, 6.45) is 12.4. The van der Waals surface area contributed by atoms with Crippen molar-refractivity contribution in [3.8, 4) is 0 Å². The van der Waals surface area contributed by atoms with E-state index in [1.165, 1.54) is 32.1 Å². The van der Waals surface area contributed by atoms with Gasteiger partial charge in [-0.15, -0.1) is 0 Å². The molecule has 3 heteroatoms. The van der Waals surface area contributed by atoms with Gasteiger partial charge >= 0.3 is 0 Å². The van der Waals surface area contributed by atoms with Crippen LogP contribution in [0.3, 0.4) is 0 Å². The first-order valence-electron chi connectivity index (χ1n) is 6.85. The van der Waals surface area contributed by atoms with Crippen molar-refractivity contribution in [3.63, 3.8) is 0 Å². The molecule has 1 aromatic rings. The van der Waals surface area contributed by atoms with E-state index in [0.29, 0.717) is 5.41 Å². The maximum absolute atomic E-state index is 4.05. The van der Waals surface area contributed by atoms with Gasteiger partial charge in [0.05, 0.1) is 6.33 Å². The molecular formula is C14H25N3. The smallest absolute Gasteiger partial charge is 0.0945 e. The summed E-state index contributed by atoms with van der Waals surface area (Å²) in [5.41, 5.74) is 0.542. The molecule has 1 N–H and O–H groups in total. The highest BCUT2D eigenvalue weighted by Gasteiger charge is 2.27. The van der Waals surface area contributed by atoms with Crippen molar-refractivity contribution in [3.05, 3.63) is 18.7 Å². The van der Waals surface area contributed by atoms with Crippen molar-refractivity contribution in [1.82, 2.24) is 14.9 Å². The molecule has 1 saturated carbocycles. The standard InChI is InChI=1S/C14H25N3/c1-14(2)6-3-5-13(11-14)16-7-4-9-17-10-8-15-12-17/h8,10,12-13,16H,3-7,9,11H2,1-2H3. The van der Waals surface area contributed by atoms with Crippen molar-refractivity contribution in [1.29, 1.82) is 0 Å². The zero-order valence-electron chi connectivity index (χ0n) is 11.2. The van der Waals surface area contributed by atoms with E-state index in [9.17, 15) is 0 Å². The molecule has 1 fully saturated rings. The van der Waals surface area contributed by atoms with Crippen LogP contribution in [0.4, 0.5) is 0 Å². The zero-order valence-corrected chi connectivity index (χ0v) is 11.2. The van der Waals surface area contributed by atoms with Crippen LogP contribution in [0.2, 0.25) is 0 Å². The van der Waals surface area contributed by atoms with Gasteiger partial charge in [-0.2, -0.15) is 0 Å². The van der Waals surface area contributed by atoms with Crippen LogP contribution in [0, 0.1) is 5.41 Å². The Morgan fingerprint density at radius 1 is 1.47 bits per heavy atom. The summed E-state index contributed by atoms with van der Waals surface area (Å²) >= 11 is 0. The van der Waals surface area contributed by atoms with Gasteiger partial charge in [0.15, 0.2) is 0 Å². The van der Waals surface area contributed by atoms with Crippen LogP contribution >= 0.6 is 0 Å². The van der Waals surface area contributed by atoms with E-state index >= 15 is 0 Å². The highest BCUT2D eigenvalue weighted by Crippen LogP contribution is 2.34. The maximum Gasteiger partial charge on any atom is 0.0945 e. The van der Waals surface area contributed by atoms with Crippen LogP contribution < -0.4 is 5.32 Å². The molecular weight excluding hydrogens is 210 g/mol. The number of hydrogen-bond acceptors (Lipinski definition) is 2. The average Bonchev–Trinajstić information content (AvgIpc) is 2.76. The maximum atomic E-state index is 4.05. The van der Waals surface area contributed by atoms with Gasteiger partial charge in [0.25, 0.3) is 0 Å². The number of nitrogens with one attached hydrogen (secondary N) is 1. The third-order valence-corrected chi connectivity index (χ3v) is 3.79. The zero-order chi connectivity index (χ0) is 12.1. The quantitative estimate of drug-likeness (QED) is 0.795. The minimum Gasteiger partial charge on any atom is -0.337 e. The molecule has 1 heterocycles. The number of aromatic nitrogens is 2. The molecule has 0 saturated heterocycles. The molecule has 2 rings (SSSR count). The second kappa shape index (κ2) is 5.67. The van der Waals surface area contributed by atoms with Crippen LogP contribution in [-0.2, 0) is 6.54 Å². The monoisotopic (exact) mass is 235 g/mol. The van der Waals surface area contributed by atoms with Gasteiger partial charge in [0.2, 0.25) is 0 Å². The van der Waals surface area contributed by atoms with Gasteiger partial charge in [-0.25, -0.2) is 4.98 Å². The Morgan fingerprint density at radius 3 is 3.06 bits per heavy atom. The number of nitrogens with zero attached hydrogens (tertiary/aromatic N) is 2. The number of hydrogen-bond donors (Lipinski definition) is 1. The molecule has 3 nitrogen and oxygen atoms in total. The van der Waals surface area contributed by atoms with Crippen LogP contribution in [0.1, 0.15) is 46.0 Å². The summed E-state index contributed by atoms with van der Waals surface area (Å²) < 4.78 is 2.15. The van der Waals surface area contributed by atoms with E-state index in [0.717, 1.165) is 19.1 Å². The van der Waals surface area contributed by atoms with Crippen LogP contribution in [0.5, 0.6) is 0 Å². The fourth-order valence-corrected chi connectivity index (χ4v) is 2.86. The largest absolute Gasteiger partial charge is 0.337 e. The van der Waals surface area contributed by atoms with E-state index in [2.05, 4.69) is 28.7 Å². The first kappa shape index (κ1) is 12.6. The summed E-state index contributed by atoms with van der Waals surface area (Å²) in [7, 11) is 0. The lowest BCUT2D eigenvalue weighted by Gasteiger charge is -2.35. The molecule has 0 aliphatic heterocycles. The molecule has 1 aliphatic carbocycles.